The first kappa shape index (κ1) is 18.2. The van der Waals surface area contributed by atoms with E-state index in [1.165, 1.54) is 12.1 Å². The van der Waals surface area contributed by atoms with Crippen LogP contribution in [0.2, 0.25) is 0 Å². The lowest BCUT2D eigenvalue weighted by Crippen LogP contribution is -2.58. The minimum Gasteiger partial charge on any atom is -0.345 e. The Morgan fingerprint density at radius 2 is 1.85 bits per heavy atom. The van der Waals surface area contributed by atoms with Gasteiger partial charge in [0.25, 0.3) is 17.7 Å². The smallest absolute Gasteiger partial charge is 0.345 e. The number of alkyl halides is 3. The van der Waals surface area contributed by atoms with Crippen LogP contribution in [0.5, 0.6) is 0 Å². The molecule has 1 fully saturated rings. The highest BCUT2D eigenvalue weighted by Crippen LogP contribution is 2.31. The second-order valence-electron chi connectivity index (χ2n) is 6.42. The molecular formula is C17H18F3N3O3. The Labute approximate surface area is 147 Å². The lowest BCUT2D eigenvalue weighted by molar-refractivity contribution is -0.144. The van der Waals surface area contributed by atoms with E-state index in [0.717, 1.165) is 17.7 Å². The first-order valence-electron chi connectivity index (χ1n) is 8.35. The van der Waals surface area contributed by atoms with Gasteiger partial charge in [0.15, 0.2) is 6.04 Å². The second kappa shape index (κ2) is 6.97. The van der Waals surface area contributed by atoms with E-state index in [1.54, 1.807) is 17.4 Å². The standard InChI is InChI=1S/C17H18F3N3O3/c18-17(19,20)9-21-14(24)13-15(25)22-12-8-4-3-7-11(12)16(26)23(13)10-5-1-2-6-10/h3-4,7-8,10,13H,1-2,5-6,9H2,(H,21,24)(H,22,25). The van der Waals surface area contributed by atoms with Crippen molar-refractivity contribution in [1.29, 1.82) is 0 Å². The monoisotopic (exact) mass is 369 g/mol. The Morgan fingerprint density at radius 1 is 1.19 bits per heavy atom. The number of nitrogens with zero attached hydrogens (tertiary/aromatic N) is 1. The fraction of sp³-hybridized carbons (Fsp3) is 0.471. The highest BCUT2D eigenvalue weighted by atomic mass is 19.4. The first-order chi connectivity index (χ1) is 12.3. The number of hydrogen-bond acceptors (Lipinski definition) is 3. The van der Waals surface area contributed by atoms with Crippen LogP contribution in [0, 0.1) is 0 Å². The van der Waals surface area contributed by atoms with E-state index in [2.05, 4.69) is 5.32 Å². The SMILES string of the molecule is O=C(NCC(F)(F)F)C1C(=O)Nc2ccccc2C(=O)N1C1CCCC1. The molecule has 1 aromatic carbocycles. The van der Waals surface area contributed by atoms with Crippen molar-refractivity contribution < 1.29 is 27.6 Å². The summed E-state index contributed by atoms with van der Waals surface area (Å²) in [5.74, 6) is -2.47. The number of fused-ring (bicyclic) bond motifs is 1. The Morgan fingerprint density at radius 3 is 2.50 bits per heavy atom. The Balaban J connectivity index is 1.96. The molecule has 26 heavy (non-hydrogen) atoms. The van der Waals surface area contributed by atoms with Crippen molar-refractivity contribution in [1.82, 2.24) is 10.2 Å². The van der Waals surface area contributed by atoms with Gasteiger partial charge < -0.3 is 15.5 Å². The third-order valence-electron chi connectivity index (χ3n) is 4.61. The van der Waals surface area contributed by atoms with E-state index in [-0.39, 0.29) is 17.3 Å². The first-order valence-corrected chi connectivity index (χ1v) is 8.35. The molecule has 3 rings (SSSR count). The fourth-order valence-corrected chi connectivity index (χ4v) is 3.45. The number of para-hydroxylation sites is 1. The van der Waals surface area contributed by atoms with Crippen LogP contribution in [-0.4, -0.2) is 47.4 Å². The van der Waals surface area contributed by atoms with E-state index < -0.39 is 36.5 Å². The van der Waals surface area contributed by atoms with Gasteiger partial charge in [-0.25, -0.2) is 0 Å². The van der Waals surface area contributed by atoms with Crippen molar-refractivity contribution in [2.45, 2.75) is 43.9 Å². The summed E-state index contributed by atoms with van der Waals surface area (Å²) in [7, 11) is 0. The Bertz CT molecular complexity index is 729. The number of amides is 3. The molecule has 0 spiro atoms. The van der Waals surface area contributed by atoms with Crippen molar-refractivity contribution in [3.05, 3.63) is 29.8 Å². The summed E-state index contributed by atoms with van der Waals surface area (Å²) in [5.41, 5.74) is 0.468. The molecule has 3 amide bonds. The lowest BCUT2D eigenvalue weighted by atomic mass is 10.1. The zero-order chi connectivity index (χ0) is 18.9. The quantitative estimate of drug-likeness (QED) is 0.801. The second-order valence-corrected chi connectivity index (χ2v) is 6.42. The molecule has 1 aliphatic carbocycles. The number of carbonyl (C=O) groups excluding carboxylic acids is 3. The number of carbonyl (C=O) groups is 3. The lowest BCUT2D eigenvalue weighted by Gasteiger charge is -2.33. The van der Waals surface area contributed by atoms with Gasteiger partial charge in [-0.1, -0.05) is 25.0 Å². The van der Waals surface area contributed by atoms with E-state index in [9.17, 15) is 27.6 Å². The van der Waals surface area contributed by atoms with Crippen LogP contribution in [-0.2, 0) is 9.59 Å². The van der Waals surface area contributed by atoms with Crippen molar-refractivity contribution in [2.75, 3.05) is 11.9 Å². The molecule has 140 valence electrons. The summed E-state index contributed by atoms with van der Waals surface area (Å²) < 4.78 is 37.4. The number of rotatable bonds is 3. The van der Waals surface area contributed by atoms with Crippen LogP contribution in [0.25, 0.3) is 0 Å². The van der Waals surface area contributed by atoms with Crippen LogP contribution in [0.1, 0.15) is 36.0 Å². The van der Waals surface area contributed by atoms with Crippen molar-refractivity contribution in [3.8, 4) is 0 Å². The molecule has 6 nitrogen and oxygen atoms in total. The van der Waals surface area contributed by atoms with Crippen molar-refractivity contribution in [2.24, 2.45) is 0 Å². The summed E-state index contributed by atoms with van der Waals surface area (Å²) >= 11 is 0. The van der Waals surface area contributed by atoms with E-state index in [1.807, 2.05) is 0 Å². The maximum atomic E-state index is 13.0. The fourth-order valence-electron chi connectivity index (χ4n) is 3.45. The van der Waals surface area contributed by atoms with Crippen LogP contribution in [0.4, 0.5) is 18.9 Å². The predicted octanol–water partition coefficient (Wildman–Crippen LogP) is 2.07. The molecule has 0 radical (unpaired) electrons. The molecule has 1 unspecified atom stereocenters. The molecule has 1 saturated carbocycles. The molecule has 2 aliphatic rings. The average molecular weight is 369 g/mol. The van der Waals surface area contributed by atoms with E-state index in [4.69, 9.17) is 0 Å². The van der Waals surface area contributed by atoms with Gasteiger partial charge in [-0.2, -0.15) is 13.2 Å². The van der Waals surface area contributed by atoms with Crippen LogP contribution in [0.3, 0.4) is 0 Å². The molecule has 1 aliphatic heterocycles. The Kier molecular flexibility index (Phi) is 4.88. The van der Waals surface area contributed by atoms with Gasteiger partial charge in [0.05, 0.1) is 11.3 Å². The maximum absolute atomic E-state index is 13.0. The molecule has 0 bridgehead atoms. The molecular weight excluding hydrogens is 351 g/mol. The third kappa shape index (κ3) is 3.66. The summed E-state index contributed by atoms with van der Waals surface area (Å²) in [6.45, 7) is -1.56. The topological polar surface area (TPSA) is 78.5 Å². The highest BCUT2D eigenvalue weighted by molar-refractivity contribution is 6.18. The summed E-state index contributed by atoms with van der Waals surface area (Å²) in [4.78, 5) is 39.2. The van der Waals surface area contributed by atoms with Crippen molar-refractivity contribution in [3.63, 3.8) is 0 Å². The molecule has 0 aromatic heterocycles. The summed E-state index contributed by atoms with van der Waals surface area (Å²) in [6, 6.07) is 4.29. The van der Waals surface area contributed by atoms with E-state index >= 15 is 0 Å². The van der Waals surface area contributed by atoms with Gasteiger partial charge >= 0.3 is 6.18 Å². The zero-order valence-electron chi connectivity index (χ0n) is 13.8. The average Bonchev–Trinajstić information content (AvgIpc) is 3.07. The normalized spacial score (nSPS) is 21.2. The minimum atomic E-state index is -4.61. The molecule has 1 heterocycles. The molecule has 1 aromatic rings. The summed E-state index contributed by atoms with van der Waals surface area (Å²) in [5, 5.41) is 4.22. The highest BCUT2D eigenvalue weighted by Gasteiger charge is 2.44. The van der Waals surface area contributed by atoms with Gasteiger partial charge in [0.1, 0.15) is 6.54 Å². The number of benzene rings is 1. The Hall–Kier alpha value is -2.58. The third-order valence-corrected chi connectivity index (χ3v) is 4.61. The van der Waals surface area contributed by atoms with Gasteiger partial charge in [-0.15, -0.1) is 0 Å². The van der Waals surface area contributed by atoms with E-state index in [0.29, 0.717) is 12.8 Å². The number of anilines is 1. The predicted molar refractivity (Wildman–Crippen MR) is 86.3 cm³/mol. The van der Waals surface area contributed by atoms with Gasteiger partial charge in [-0.3, -0.25) is 14.4 Å². The number of hydrogen-bond donors (Lipinski definition) is 2. The van der Waals surface area contributed by atoms with Gasteiger partial charge in [0.2, 0.25) is 0 Å². The maximum Gasteiger partial charge on any atom is 0.405 e. The minimum absolute atomic E-state index is 0.221. The molecule has 2 N–H and O–H groups in total. The number of halogens is 3. The number of nitrogens with one attached hydrogen (secondary N) is 2. The van der Waals surface area contributed by atoms with Crippen LogP contribution in [0.15, 0.2) is 24.3 Å². The van der Waals surface area contributed by atoms with Gasteiger partial charge in [0, 0.05) is 6.04 Å². The molecule has 9 heteroatoms. The largest absolute Gasteiger partial charge is 0.405 e. The summed E-state index contributed by atoms with van der Waals surface area (Å²) in [6.07, 6.45) is -1.75. The van der Waals surface area contributed by atoms with Gasteiger partial charge in [-0.05, 0) is 25.0 Å². The molecule has 0 saturated heterocycles. The molecule has 1 atom stereocenters. The van der Waals surface area contributed by atoms with Crippen LogP contribution >= 0.6 is 0 Å². The zero-order valence-corrected chi connectivity index (χ0v) is 13.8. The van der Waals surface area contributed by atoms with Crippen LogP contribution < -0.4 is 10.6 Å². The van der Waals surface area contributed by atoms with Crippen molar-refractivity contribution >= 4 is 23.4 Å².